The third-order valence-corrected chi connectivity index (χ3v) is 4.95. The van der Waals surface area contributed by atoms with E-state index in [4.69, 9.17) is 4.52 Å². The molecule has 0 fully saturated rings. The Morgan fingerprint density at radius 1 is 1.26 bits per heavy atom. The van der Waals surface area contributed by atoms with Crippen molar-refractivity contribution >= 4 is 41.3 Å². The Balaban J connectivity index is 0.00000364. The van der Waals surface area contributed by atoms with E-state index in [0.717, 1.165) is 50.6 Å². The lowest BCUT2D eigenvalue weighted by Crippen LogP contribution is -2.38. The summed E-state index contributed by atoms with van der Waals surface area (Å²) in [6.07, 6.45) is 5.56. The van der Waals surface area contributed by atoms with Crippen molar-refractivity contribution in [3.8, 4) is 0 Å². The van der Waals surface area contributed by atoms with Gasteiger partial charge in [0.1, 0.15) is 0 Å². The summed E-state index contributed by atoms with van der Waals surface area (Å²) >= 11 is 1.79. The van der Waals surface area contributed by atoms with E-state index < -0.39 is 0 Å². The predicted molar refractivity (Wildman–Crippen MR) is 121 cm³/mol. The van der Waals surface area contributed by atoms with Gasteiger partial charge in [-0.05, 0) is 19.8 Å². The van der Waals surface area contributed by atoms with Gasteiger partial charge in [-0.2, -0.15) is 4.98 Å². The summed E-state index contributed by atoms with van der Waals surface area (Å²) in [6.45, 7) is 10.7. The summed E-state index contributed by atoms with van der Waals surface area (Å²) < 4.78 is 5.26. The van der Waals surface area contributed by atoms with E-state index in [1.165, 1.54) is 9.88 Å². The van der Waals surface area contributed by atoms with Crippen LogP contribution < -0.4 is 10.6 Å². The van der Waals surface area contributed by atoms with Gasteiger partial charge >= 0.3 is 0 Å². The average molecular weight is 506 g/mol. The Morgan fingerprint density at radius 2 is 2.07 bits per heavy atom. The molecule has 9 heteroatoms. The Kier molecular flexibility index (Phi) is 11.5. The fourth-order valence-electron chi connectivity index (χ4n) is 2.28. The number of nitrogens with one attached hydrogen (secondary N) is 2. The van der Waals surface area contributed by atoms with Crippen molar-refractivity contribution in [3.05, 3.63) is 27.8 Å². The quantitative estimate of drug-likeness (QED) is 0.222. The zero-order valence-corrected chi connectivity index (χ0v) is 19.8. The lowest BCUT2D eigenvalue weighted by molar-refractivity contribution is 0.369. The molecule has 0 bridgehead atoms. The van der Waals surface area contributed by atoms with Crippen LogP contribution in [0.5, 0.6) is 0 Å². The maximum atomic E-state index is 5.26. The molecule has 7 nitrogen and oxygen atoms in total. The highest BCUT2D eigenvalue weighted by Crippen LogP contribution is 2.13. The van der Waals surface area contributed by atoms with Gasteiger partial charge in [0.2, 0.25) is 5.89 Å². The van der Waals surface area contributed by atoms with Gasteiger partial charge in [0.25, 0.3) is 0 Å². The topological polar surface area (TPSA) is 88.2 Å². The number of aryl methyl sites for hydroxylation is 2. The molecule has 0 aliphatic rings. The van der Waals surface area contributed by atoms with Crippen LogP contribution in [-0.2, 0) is 19.3 Å². The van der Waals surface area contributed by atoms with Gasteiger partial charge in [0, 0.05) is 49.5 Å². The van der Waals surface area contributed by atoms with Crippen LogP contribution in [0, 0.1) is 0 Å². The monoisotopic (exact) mass is 506 g/mol. The van der Waals surface area contributed by atoms with Crippen molar-refractivity contribution in [1.29, 1.82) is 0 Å². The smallest absolute Gasteiger partial charge is 0.226 e. The minimum atomic E-state index is 0. The van der Waals surface area contributed by atoms with Gasteiger partial charge < -0.3 is 15.2 Å². The van der Waals surface area contributed by atoms with Crippen molar-refractivity contribution < 1.29 is 4.52 Å². The molecule has 2 aromatic rings. The Hall–Kier alpha value is -1.23. The molecule has 2 heterocycles. The number of thiazole rings is 1. The van der Waals surface area contributed by atoms with Gasteiger partial charge in [-0.25, -0.2) is 4.98 Å². The zero-order valence-electron chi connectivity index (χ0n) is 16.6. The first-order valence-electron chi connectivity index (χ1n) is 9.40. The van der Waals surface area contributed by atoms with Crippen LogP contribution in [0.25, 0.3) is 0 Å². The summed E-state index contributed by atoms with van der Waals surface area (Å²) in [4.78, 5) is 14.8. The highest BCUT2D eigenvalue weighted by atomic mass is 127. The molecule has 0 radical (unpaired) electrons. The standard InChI is InChI=1S/C18H30N6OS.HI/c1-5-14-12-22-16(26-14)9-11-21-18(19-6-2)20-10-7-8-15-23-17(13(3)4)24-25-15;/h12-13H,5-11H2,1-4H3,(H2,19,20,21);1H. The molecule has 2 rings (SSSR count). The van der Waals surface area contributed by atoms with E-state index in [0.29, 0.717) is 18.4 Å². The molecular weight excluding hydrogens is 475 g/mol. The molecule has 0 saturated heterocycles. The van der Waals surface area contributed by atoms with Gasteiger partial charge in [0.05, 0.1) is 5.01 Å². The van der Waals surface area contributed by atoms with Crippen LogP contribution in [0.4, 0.5) is 0 Å². The van der Waals surface area contributed by atoms with E-state index in [-0.39, 0.29) is 24.0 Å². The average Bonchev–Trinajstić information content (AvgIpc) is 3.28. The molecule has 2 N–H and O–H groups in total. The van der Waals surface area contributed by atoms with Crippen LogP contribution in [-0.4, -0.2) is 40.7 Å². The number of nitrogens with zero attached hydrogens (tertiary/aromatic N) is 4. The molecule has 152 valence electrons. The first-order chi connectivity index (χ1) is 12.6. The Bertz CT molecular complexity index is 685. The predicted octanol–water partition coefficient (Wildman–Crippen LogP) is 3.56. The van der Waals surface area contributed by atoms with Gasteiger partial charge in [-0.1, -0.05) is 25.9 Å². The Labute approximate surface area is 182 Å². The minimum Gasteiger partial charge on any atom is -0.357 e. The van der Waals surface area contributed by atoms with Gasteiger partial charge in [-0.3, -0.25) is 4.99 Å². The van der Waals surface area contributed by atoms with Crippen molar-refractivity contribution in [3.63, 3.8) is 0 Å². The molecule has 0 unspecified atom stereocenters. The normalized spacial score (nSPS) is 11.5. The number of aromatic nitrogens is 3. The molecule has 0 atom stereocenters. The number of rotatable bonds is 10. The molecule has 0 amide bonds. The molecule has 2 aromatic heterocycles. The Morgan fingerprint density at radius 3 is 2.70 bits per heavy atom. The highest BCUT2D eigenvalue weighted by Gasteiger charge is 2.09. The summed E-state index contributed by atoms with van der Waals surface area (Å²) in [5, 5.41) is 11.8. The van der Waals surface area contributed by atoms with Crippen LogP contribution in [0.1, 0.15) is 61.6 Å². The van der Waals surface area contributed by atoms with Crippen molar-refractivity contribution in [2.24, 2.45) is 4.99 Å². The minimum absolute atomic E-state index is 0. The number of halogens is 1. The summed E-state index contributed by atoms with van der Waals surface area (Å²) in [5.74, 6) is 2.60. The van der Waals surface area contributed by atoms with Gasteiger partial charge in [0.15, 0.2) is 11.8 Å². The second kappa shape index (κ2) is 13.0. The third kappa shape index (κ3) is 8.54. The summed E-state index contributed by atoms with van der Waals surface area (Å²) in [5.41, 5.74) is 0. The molecule has 0 saturated carbocycles. The van der Waals surface area contributed by atoms with E-state index in [2.05, 4.69) is 58.4 Å². The highest BCUT2D eigenvalue weighted by molar-refractivity contribution is 14.0. The van der Waals surface area contributed by atoms with E-state index in [1.54, 1.807) is 11.3 Å². The number of aliphatic imine (C=N–C) groups is 1. The van der Waals surface area contributed by atoms with Crippen molar-refractivity contribution in [2.45, 2.75) is 59.3 Å². The van der Waals surface area contributed by atoms with Crippen molar-refractivity contribution in [1.82, 2.24) is 25.8 Å². The largest absolute Gasteiger partial charge is 0.357 e. The van der Waals surface area contributed by atoms with Crippen LogP contribution >= 0.6 is 35.3 Å². The molecule has 0 aromatic carbocycles. The first kappa shape index (κ1) is 23.8. The molecule has 27 heavy (non-hydrogen) atoms. The maximum absolute atomic E-state index is 5.26. The second-order valence-corrected chi connectivity index (χ2v) is 7.52. The lowest BCUT2D eigenvalue weighted by Gasteiger charge is -2.10. The van der Waals surface area contributed by atoms with E-state index >= 15 is 0 Å². The molecule has 0 aliphatic heterocycles. The third-order valence-electron chi connectivity index (χ3n) is 3.74. The van der Waals surface area contributed by atoms with Crippen LogP contribution in [0.3, 0.4) is 0 Å². The van der Waals surface area contributed by atoms with Crippen molar-refractivity contribution in [2.75, 3.05) is 19.6 Å². The first-order valence-corrected chi connectivity index (χ1v) is 10.2. The second-order valence-electron chi connectivity index (χ2n) is 6.32. The fourth-order valence-corrected chi connectivity index (χ4v) is 3.14. The zero-order chi connectivity index (χ0) is 18.8. The van der Waals surface area contributed by atoms with Crippen LogP contribution in [0.2, 0.25) is 0 Å². The van der Waals surface area contributed by atoms with Crippen LogP contribution in [0.15, 0.2) is 15.7 Å². The molecule has 0 spiro atoms. The molecule has 0 aliphatic carbocycles. The van der Waals surface area contributed by atoms with Gasteiger partial charge in [-0.15, -0.1) is 35.3 Å². The lowest BCUT2D eigenvalue weighted by atomic mass is 10.2. The molecular formula is C18H31IN6OS. The maximum Gasteiger partial charge on any atom is 0.226 e. The number of hydrogen-bond acceptors (Lipinski definition) is 6. The van der Waals surface area contributed by atoms with E-state index in [9.17, 15) is 0 Å². The SMILES string of the molecule is CCNC(=NCCCc1nc(C(C)C)no1)NCCc1ncc(CC)s1.I. The summed E-state index contributed by atoms with van der Waals surface area (Å²) in [7, 11) is 0. The fraction of sp³-hybridized carbons (Fsp3) is 0.667. The van der Waals surface area contributed by atoms with E-state index in [1.807, 2.05) is 6.20 Å². The summed E-state index contributed by atoms with van der Waals surface area (Å²) in [6, 6.07) is 0. The number of hydrogen-bond donors (Lipinski definition) is 2. The number of guanidine groups is 1.